The Balaban J connectivity index is 1.92. The number of hydrogen-bond acceptors (Lipinski definition) is 6. The number of aryl methyl sites for hydroxylation is 1. The third-order valence-corrected chi connectivity index (χ3v) is 11.9. The number of ether oxygens (including phenoxy) is 1. The van der Waals surface area contributed by atoms with Crippen LogP contribution in [0, 0.1) is 12.8 Å². The van der Waals surface area contributed by atoms with E-state index in [0.29, 0.717) is 19.1 Å². The lowest BCUT2D eigenvalue weighted by molar-refractivity contribution is -0.0359. The van der Waals surface area contributed by atoms with Crippen molar-refractivity contribution >= 4 is 34.7 Å². The van der Waals surface area contributed by atoms with Crippen LogP contribution in [0.1, 0.15) is 32.3 Å². The summed E-state index contributed by atoms with van der Waals surface area (Å²) in [7, 11) is -4.34. The van der Waals surface area contributed by atoms with Gasteiger partial charge in [-0.05, 0) is 53.3 Å². The van der Waals surface area contributed by atoms with Crippen LogP contribution in [0.3, 0.4) is 0 Å². The summed E-state index contributed by atoms with van der Waals surface area (Å²) in [4.78, 5) is 16.7. The third kappa shape index (κ3) is 7.17. The van der Waals surface area contributed by atoms with Gasteiger partial charge in [-0.25, -0.2) is 8.42 Å². The van der Waals surface area contributed by atoms with Gasteiger partial charge < -0.3 is 9.64 Å². The third-order valence-electron chi connectivity index (χ3n) is 4.99. The maximum atomic E-state index is 12.8. The lowest BCUT2D eigenvalue weighted by Crippen LogP contribution is -2.48. The van der Waals surface area contributed by atoms with Crippen molar-refractivity contribution in [3.8, 4) is 0 Å². The number of nitrogens with zero attached hydrogens (tertiary/aromatic N) is 2. The average Bonchev–Trinajstić information content (AvgIpc) is 2.67. The Kier molecular flexibility index (Phi) is 9.34. The molecule has 0 bridgehead atoms. The van der Waals surface area contributed by atoms with Crippen molar-refractivity contribution in [1.82, 2.24) is 9.80 Å². The fraction of sp³-hybridized carbons (Fsp3) is 0.650. The SMILES string of the molecule is Cc1ccc(S(=O)(=O)[SH](S)C(=O)N(C)C[C@H]2CN(CCCC(C)C)CCO2)cc1. The number of thiol groups is 2. The molecular weight excluding hydrogens is 428 g/mol. The first-order valence-electron chi connectivity index (χ1n) is 10.0. The van der Waals surface area contributed by atoms with Crippen molar-refractivity contribution in [2.24, 2.45) is 5.92 Å². The Morgan fingerprint density at radius 3 is 2.62 bits per heavy atom. The van der Waals surface area contributed by atoms with Gasteiger partial charge in [-0.3, -0.25) is 9.69 Å². The molecule has 2 rings (SSSR count). The van der Waals surface area contributed by atoms with Gasteiger partial charge in [0, 0.05) is 26.7 Å². The molecule has 1 saturated heterocycles. The molecule has 0 saturated carbocycles. The highest BCUT2D eigenvalue weighted by atomic mass is 33.5. The number of benzene rings is 1. The molecule has 1 aliphatic rings. The van der Waals surface area contributed by atoms with E-state index in [0.717, 1.165) is 31.6 Å². The smallest absolute Gasteiger partial charge is 0.283 e. The van der Waals surface area contributed by atoms with Crippen LogP contribution in [0.25, 0.3) is 0 Å². The number of rotatable bonds is 8. The van der Waals surface area contributed by atoms with Gasteiger partial charge in [-0.2, -0.15) is 0 Å². The average molecular weight is 463 g/mol. The van der Waals surface area contributed by atoms with Crippen LogP contribution in [-0.2, 0) is 13.6 Å². The summed E-state index contributed by atoms with van der Waals surface area (Å²) in [5.74, 6) is 0.695. The van der Waals surface area contributed by atoms with Crippen LogP contribution in [0.15, 0.2) is 29.2 Å². The zero-order chi connectivity index (χ0) is 21.6. The second kappa shape index (κ2) is 11.0. The zero-order valence-corrected chi connectivity index (χ0v) is 20.3. The molecule has 1 fully saturated rings. The van der Waals surface area contributed by atoms with Crippen molar-refractivity contribution < 1.29 is 17.9 Å². The lowest BCUT2D eigenvalue weighted by Gasteiger charge is -2.35. The maximum absolute atomic E-state index is 12.8. The molecular formula is C20H34N2O4S3. The van der Waals surface area contributed by atoms with Gasteiger partial charge in [-0.15, -0.1) is 11.7 Å². The quantitative estimate of drug-likeness (QED) is 0.455. The molecule has 1 heterocycles. The van der Waals surface area contributed by atoms with Crippen LogP contribution >= 0.6 is 20.6 Å². The number of likely N-dealkylation sites (N-methyl/N-ethyl adjacent to an activating group) is 1. The summed E-state index contributed by atoms with van der Waals surface area (Å²) in [6, 6.07) is 6.51. The molecule has 1 aliphatic heterocycles. The number of carbonyl (C=O) groups is 1. The monoisotopic (exact) mass is 462 g/mol. The van der Waals surface area contributed by atoms with Gasteiger partial charge in [0.2, 0.25) is 8.87 Å². The van der Waals surface area contributed by atoms with E-state index in [1.165, 1.54) is 23.5 Å². The standard InChI is InChI=1S/C20H34N2O4S3/c1-16(2)6-5-11-22-12-13-26-18(15-22)14-21(4)20(23)28(27)29(24,25)19-9-7-17(3)8-10-19/h7-10,16,18,27-28H,5-6,11-15H2,1-4H3/t18-/m0/s1. The van der Waals surface area contributed by atoms with Gasteiger partial charge in [-0.1, -0.05) is 31.5 Å². The van der Waals surface area contributed by atoms with Crippen molar-refractivity contribution in [1.29, 1.82) is 0 Å². The molecule has 6 nitrogen and oxygen atoms in total. The number of carbonyl (C=O) groups excluding carboxylic acids is 1. The minimum atomic E-state index is -3.79. The minimum absolute atomic E-state index is 0.115. The van der Waals surface area contributed by atoms with Gasteiger partial charge in [0.05, 0.1) is 17.6 Å². The molecule has 1 aromatic carbocycles. The van der Waals surface area contributed by atoms with E-state index in [-0.39, 0.29) is 11.0 Å². The van der Waals surface area contributed by atoms with Gasteiger partial charge in [0.25, 0.3) is 5.24 Å². The molecule has 166 valence electrons. The molecule has 0 N–H and O–H groups in total. The normalized spacial score (nSPS) is 19.9. The van der Waals surface area contributed by atoms with Crippen LogP contribution in [0.5, 0.6) is 0 Å². The van der Waals surface area contributed by atoms with Crippen LogP contribution in [0.4, 0.5) is 4.79 Å². The molecule has 9 heteroatoms. The molecule has 0 radical (unpaired) electrons. The summed E-state index contributed by atoms with van der Waals surface area (Å²) in [5, 5.41) is -0.468. The van der Waals surface area contributed by atoms with Gasteiger partial charge in [0.15, 0.2) is 0 Å². The molecule has 0 spiro atoms. The second-order valence-corrected chi connectivity index (χ2v) is 15.0. The van der Waals surface area contributed by atoms with E-state index in [9.17, 15) is 13.2 Å². The number of hydrogen-bond donors (Lipinski definition) is 2. The second-order valence-electron chi connectivity index (χ2n) is 8.05. The molecule has 1 aromatic rings. The topological polar surface area (TPSA) is 66.9 Å². The largest absolute Gasteiger partial charge is 0.374 e. The summed E-state index contributed by atoms with van der Waals surface area (Å²) in [6.45, 7) is 10.0. The predicted octanol–water partition coefficient (Wildman–Crippen LogP) is 3.72. The Morgan fingerprint density at radius 1 is 1.34 bits per heavy atom. The van der Waals surface area contributed by atoms with E-state index in [2.05, 4.69) is 30.4 Å². The Bertz CT molecular complexity index is 768. The minimum Gasteiger partial charge on any atom is -0.374 e. The highest BCUT2D eigenvalue weighted by Gasteiger charge is 2.31. The summed E-state index contributed by atoms with van der Waals surface area (Å²) < 4.78 is 31.4. The van der Waals surface area contributed by atoms with E-state index in [4.69, 9.17) is 4.74 Å². The molecule has 1 amide bonds. The fourth-order valence-corrected chi connectivity index (χ4v) is 7.82. The first kappa shape index (κ1) is 24.5. The predicted molar refractivity (Wildman–Crippen MR) is 125 cm³/mol. The van der Waals surface area contributed by atoms with E-state index >= 15 is 0 Å². The summed E-state index contributed by atoms with van der Waals surface area (Å²) in [5.41, 5.74) is 0.961. The Morgan fingerprint density at radius 2 is 2.00 bits per heavy atom. The number of amides is 1. The molecule has 1 unspecified atom stereocenters. The number of morpholine rings is 1. The fourth-order valence-electron chi connectivity index (χ4n) is 3.26. The molecule has 2 atom stereocenters. The van der Waals surface area contributed by atoms with Crippen molar-refractivity contribution in [2.45, 2.75) is 44.6 Å². The molecule has 0 aromatic heterocycles. The van der Waals surface area contributed by atoms with Crippen molar-refractivity contribution in [3.05, 3.63) is 29.8 Å². The van der Waals surface area contributed by atoms with Crippen molar-refractivity contribution in [3.63, 3.8) is 0 Å². The van der Waals surface area contributed by atoms with Crippen LogP contribution in [0.2, 0.25) is 0 Å². The molecule has 29 heavy (non-hydrogen) atoms. The maximum Gasteiger partial charge on any atom is 0.283 e. The highest BCUT2D eigenvalue weighted by Crippen LogP contribution is 2.44. The van der Waals surface area contributed by atoms with E-state index < -0.39 is 23.1 Å². The van der Waals surface area contributed by atoms with Crippen molar-refractivity contribution in [2.75, 3.05) is 39.8 Å². The summed E-state index contributed by atoms with van der Waals surface area (Å²) in [6.07, 6.45) is 2.23. The Hall–Kier alpha value is -0.740. The van der Waals surface area contributed by atoms with Crippen LogP contribution < -0.4 is 0 Å². The Labute approximate surface area is 182 Å². The lowest BCUT2D eigenvalue weighted by atomic mass is 10.1. The zero-order valence-electron chi connectivity index (χ0n) is 17.7. The first-order chi connectivity index (χ1) is 13.6. The first-order valence-corrected chi connectivity index (χ1v) is 14.6. The van der Waals surface area contributed by atoms with E-state index in [1.807, 2.05) is 6.92 Å². The summed E-state index contributed by atoms with van der Waals surface area (Å²) >= 11 is 4.22. The van der Waals surface area contributed by atoms with E-state index in [1.54, 1.807) is 19.2 Å². The molecule has 0 aliphatic carbocycles. The van der Waals surface area contributed by atoms with Gasteiger partial charge >= 0.3 is 0 Å². The van der Waals surface area contributed by atoms with Gasteiger partial charge in [0.1, 0.15) is 0 Å². The highest BCUT2D eigenvalue weighted by molar-refractivity contribution is 9.15. The van der Waals surface area contributed by atoms with Crippen LogP contribution in [-0.4, -0.2) is 69.4 Å².